The van der Waals surface area contributed by atoms with Gasteiger partial charge in [0.2, 0.25) is 0 Å². The summed E-state index contributed by atoms with van der Waals surface area (Å²) < 4.78 is 8.72. The standard InChI is InChI=1S/C27H25ClN4O3S/c1-14-12-18-24(36-25(31-18)17-10-11-20-19(30-17)13-29-32(20)5)22(15-6-8-16(28)9-7-15)21(14)23(26(33)34)35-27(2,3)4/h6-13,23H,1-5H3,(H,33,34). The zero-order chi connectivity index (χ0) is 25.8. The number of aliphatic carboxylic acids is 1. The van der Waals surface area contributed by atoms with Crippen LogP contribution in [0, 0.1) is 6.92 Å². The summed E-state index contributed by atoms with van der Waals surface area (Å²) in [7, 11) is 1.88. The highest BCUT2D eigenvalue weighted by molar-refractivity contribution is 7.22. The minimum atomic E-state index is -1.16. The smallest absolute Gasteiger partial charge is 0.337 e. The molecule has 5 aromatic rings. The highest BCUT2D eigenvalue weighted by atomic mass is 35.5. The number of hydrogen-bond acceptors (Lipinski definition) is 6. The van der Waals surface area contributed by atoms with Gasteiger partial charge in [0.1, 0.15) is 10.5 Å². The Hall–Kier alpha value is -3.33. The lowest BCUT2D eigenvalue weighted by Gasteiger charge is -2.28. The number of halogens is 1. The lowest BCUT2D eigenvalue weighted by Crippen LogP contribution is -2.28. The molecule has 36 heavy (non-hydrogen) atoms. The van der Waals surface area contributed by atoms with Crippen molar-refractivity contribution in [3.05, 3.63) is 64.8 Å². The van der Waals surface area contributed by atoms with E-state index in [9.17, 15) is 9.90 Å². The largest absolute Gasteiger partial charge is 0.479 e. The predicted octanol–water partition coefficient (Wildman–Crippen LogP) is 6.81. The lowest BCUT2D eigenvalue weighted by atomic mass is 9.91. The van der Waals surface area contributed by atoms with E-state index in [0.717, 1.165) is 48.6 Å². The van der Waals surface area contributed by atoms with Gasteiger partial charge in [0.05, 0.1) is 33.2 Å². The molecule has 0 fully saturated rings. The summed E-state index contributed by atoms with van der Waals surface area (Å²) >= 11 is 7.66. The van der Waals surface area contributed by atoms with Crippen LogP contribution in [0.1, 0.15) is 38.0 Å². The molecule has 0 aliphatic rings. The second-order valence-corrected chi connectivity index (χ2v) is 11.1. The summed E-state index contributed by atoms with van der Waals surface area (Å²) in [5.41, 5.74) is 5.59. The number of ether oxygens (including phenoxy) is 1. The number of fused-ring (bicyclic) bond motifs is 2. The van der Waals surface area contributed by atoms with Crippen LogP contribution in [-0.4, -0.2) is 36.4 Å². The van der Waals surface area contributed by atoms with E-state index in [-0.39, 0.29) is 0 Å². The quantitative estimate of drug-likeness (QED) is 0.273. The highest BCUT2D eigenvalue weighted by Crippen LogP contribution is 2.44. The van der Waals surface area contributed by atoms with Gasteiger partial charge < -0.3 is 9.84 Å². The van der Waals surface area contributed by atoms with Gasteiger partial charge >= 0.3 is 5.97 Å². The third-order valence-electron chi connectivity index (χ3n) is 5.84. The maximum atomic E-state index is 12.5. The van der Waals surface area contributed by atoms with Crippen molar-refractivity contribution < 1.29 is 14.6 Å². The molecule has 7 nitrogen and oxygen atoms in total. The Kier molecular flexibility index (Phi) is 6.06. The third kappa shape index (κ3) is 4.48. The Morgan fingerprint density at radius 2 is 1.83 bits per heavy atom. The molecule has 3 heterocycles. The van der Waals surface area contributed by atoms with Crippen molar-refractivity contribution in [2.24, 2.45) is 7.05 Å². The number of aryl methyl sites for hydroxylation is 2. The van der Waals surface area contributed by atoms with E-state index in [0.29, 0.717) is 10.6 Å². The molecule has 0 bridgehead atoms. The summed E-state index contributed by atoms with van der Waals surface area (Å²) in [6, 6.07) is 13.2. The first-order valence-electron chi connectivity index (χ1n) is 11.4. The molecule has 0 spiro atoms. The fourth-order valence-corrected chi connectivity index (χ4v) is 5.53. The average molecular weight is 521 g/mol. The van der Waals surface area contributed by atoms with Gasteiger partial charge in [-0.3, -0.25) is 4.68 Å². The van der Waals surface area contributed by atoms with Gasteiger partial charge in [-0.15, -0.1) is 11.3 Å². The van der Waals surface area contributed by atoms with Crippen molar-refractivity contribution in [3.63, 3.8) is 0 Å². The number of benzene rings is 2. The number of aromatic nitrogens is 4. The fraction of sp³-hybridized carbons (Fsp3) is 0.259. The van der Waals surface area contributed by atoms with Crippen LogP contribution in [0.15, 0.2) is 48.7 Å². The molecule has 0 radical (unpaired) electrons. The van der Waals surface area contributed by atoms with E-state index in [1.54, 1.807) is 23.0 Å². The monoisotopic (exact) mass is 520 g/mol. The minimum absolute atomic E-state index is 0.601. The molecule has 0 saturated heterocycles. The van der Waals surface area contributed by atoms with Crippen LogP contribution < -0.4 is 0 Å². The average Bonchev–Trinajstić information content (AvgIpc) is 3.40. The molecule has 0 saturated carbocycles. The maximum Gasteiger partial charge on any atom is 0.337 e. The van der Waals surface area contributed by atoms with Crippen LogP contribution in [0.3, 0.4) is 0 Å². The van der Waals surface area contributed by atoms with Crippen LogP contribution in [0.5, 0.6) is 0 Å². The SMILES string of the molecule is Cc1cc2nc(-c3ccc4c(cnn4C)n3)sc2c(-c2ccc(Cl)cc2)c1C(OC(C)(C)C)C(=O)O. The van der Waals surface area contributed by atoms with E-state index in [1.165, 1.54) is 11.3 Å². The van der Waals surface area contributed by atoms with Crippen LogP contribution in [0.2, 0.25) is 5.02 Å². The molecule has 184 valence electrons. The zero-order valence-corrected chi connectivity index (χ0v) is 22.1. The second-order valence-electron chi connectivity index (χ2n) is 9.67. The maximum absolute atomic E-state index is 12.5. The van der Waals surface area contributed by atoms with E-state index >= 15 is 0 Å². The molecule has 2 aromatic carbocycles. The van der Waals surface area contributed by atoms with Gasteiger partial charge in [-0.25, -0.2) is 14.8 Å². The van der Waals surface area contributed by atoms with E-state index < -0.39 is 17.7 Å². The molecular weight excluding hydrogens is 496 g/mol. The van der Waals surface area contributed by atoms with Crippen molar-refractivity contribution in [2.75, 3.05) is 0 Å². The zero-order valence-electron chi connectivity index (χ0n) is 20.5. The Morgan fingerprint density at radius 1 is 1.11 bits per heavy atom. The van der Waals surface area contributed by atoms with Crippen molar-refractivity contribution in [1.82, 2.24) is 19.7 Å². The molecule has 1 unspecified atom stereocenters. The fourth-order valence-electron chi connectivity index (χ4n) is 4.31. The number of nitrogens with zero attached hydrogens (tertiary/aromatic N) is 4. The number of carboxylic acids is 1. The Labute approximate surface area is 217 Å². The topological polar surface area (TPSA) is 90.1 Å². The number of carbonyl (C=O) groups is 1. The van der Waals surface area contributed by atoms with Crippen molar-refractivity contribution in [2.45, 2.75) is 39.4 Å². The molecule has 1 atom stereocenters. The van der Waals surface area contributed by atoms with Crippen LogP contribution in [0.4, 0.5) is 0 Å². The predicted molar refractivity (Wildman–Crippen MR) is 144 cm³/mol. The van der Waals surface area contributed by atoms with Gasteiger partial charge in [-0.2, -0.15) is 5.10 Å². The summed E-state index contributed by atoms with van der Waals surface area (Å²) in [4.78, 5) is 22.1. The summed E-state index contributed by atoms with van der Waals surface area (Å²) in [5, 5.41) is 15.8. The van der Waals surface area contributed by atoms with Crippen LogP contribution in [-0.2, 0) is 16.6 Å². The molecule has 0 aliphatic carbocycles. The second kappa shape index (κ2) is 8.96. The number of carboxylic acid groups (broad SMARTS) is 1. The first-order valence-corrected chi connectivity index (χ1v) is 12.6. The van der Waals surface area contributed by atoms with Gasteiger partial charge in [0.25, 0.3) is 0 Å². The van der Waals surface area contributed by atoms with Gasteiger partial charge in [0.15, 0.2) is 6.10 Å². The van der Waals surface area contributed by atoms with Gasteiger partial charge in [0, 0.05) is 23.2 Å². The minimum Gasteiger partial charge on any atom is -0.479 e. The molecule has 5 rings (SSSR count). The van der Waals surface area contributed by atoms with Crippen molar-refractivity contribution in [3.8, 4) is 21.8 Å². The molecule has 0 aliphatic heterocycles. The van der Waals surface area contributed by atoms with E-state index in [1.807, 2.05) is 65.1 Å². The van der Waals surface area contributed by atoms with E-state index in [4.69, 9.17) is 26.3 Å². The molecule has 3 aromatic heterocycles. The lowest BCUT2D eigenvalue weighted by molar-refractivity contribution is -0.160. The van der Waals surface area contributed by atoms with Gasteiger partial charge in [-0.05, 0) is 69.2 Å². The number of hydrogen-bond donors (Lipinski definition) is 1. The Bertz CT molecular complexity index is 1620. The molecular formula is C27H25ClN4O3S. The van der Waals surface area contributed by atoms with Gasteiger partial charge in [-0.1, -0.05) is 23.7 Å². The van der Waals surface area contributed by atoms with E-state index in [2.05, 4.69) is 5.10 Å². The first kappa shape index (κ1) is 24.4. The normalized spacial score (nSPS) is 12.9. The number of thiazole rings is 1. The van der Waals surface area contributed by atoms with Crippen LogP contribution >= 0.6 is 22.9 Å². The molecule has 0 amide bonds. The van der Waals surface area contributed by atoms with Crippen molar-refractivity contribution >= 4 is 50.2 Å². The first-order chi connectivity index (χ1) is 17.0. The van der Waals surface area contributed by atoms with Crippen molar-refractivity contribution in [1.29, 1.82) is 0 Å². The molecule has 9 heteroatoms. The van der Waals surface area contributed by atoms with Crippen LogP contribution in [0.25, 0.3) is 43.1 Å². The third-order valence-corrected chi connectivity index (χ3v) is 7.21. The Morgan fingerprint density at radius 3 is 2.50 bits per heavy atom. The summed E-state index contributed by atoms with van der Waals surface area (Å²) in [6.07, 6.45) is 0.574. The Balaban J connectivity index is 1.78. The highest BCUT2D eigenvalue weighted by Gasteiger charge is 2.32. The molecule has 1 N–H and O–H groups in total. The summed E-state index contributed by atoms with van der Waals surface area (Å²) in [5.74, 6) is -1.05. The number of pyridine rings is 1. The summed E-state index contributed by atoms with van der Waals surface area (Å²) in [6.45, 7) is 7.45. The number of rotatable bonds is 5.